The van der Waals surface area contributed by atoms with Gasteiger partial charge in [0, 0.05) is 36.3 Å². The molecule has 0 bridgehead atoms. The van der Waals surface area contributed by atoms with Crippen molar-refractivity contribution in [3.8, 4) is 0 Å². The molecule has 51 heavy (non-hydrogen) atoms. The number of carboxylic acids is 2. The van der Waals surface area contributed by atoms with Crippen LogP contribution in [0.25, 0.3) is 0 Å². The minimum Gasteiger partial charge on any atom is -0.481 e. The molecule has 1 saturated carbocycles. The Hall–Kier alpha value is -4.92. The van der Waals surface area contributed by atoms with Gasteiger partial charge in [-0.25, -0.2) is 8.78 Å². The fourth-order valence-electron chi connectivity index (χ4n) is 6.24. The summed E-state index contributed by atoms with van der Waals surface area (Å²) in [5.74, 6) is -9.07. The van der Waals surface area contributed by atoms with Crippen molar-refractivity contribution in [2.75, 3.05) is 13.1 Å². The van der Waals surface area contributed by atoms with Crippen LogP contribution in [0.2, 0.25) is 0 Å². The highest BCUT2D eigenvalue weighted by Gasteiger charge is 2.38. The van der Waals surface area contributed by atoms with E-state index in [4.69, 9.17) is 0 Å². The van der Waals surface area contributed by atoms with Gasteiger partial charge < -0.3 is 36.2 Å². The van der Waals surface area contributed by atoms with Crippen molar-refractivity contribution in [1.29, 1.82) is 0 Å². The second-order valence-electron chi connectivity index (χ2n) is 13.2. The smallest absolute Gasteiger partial charge is 0.306 e. The number of carboxylic acid groups (broad SMARTS) is 2. The minimum atomic E-state index is -1.62. The van der Waals surface area contributed by atoms with Crippen molar-refractivity contribution in [2.24, 2.45) is 17.8 Å². The molecule has 0 spiro atoms. The summed E-state index contributed by atoms with van der Waals surface area (Å²) >= 11 is 0. The van der Waals surface area contributed by atoms with Crippen LogP contribution in [0.1, 0.15) is 79.7 Å². The summed E-state index contributed by atoms with van der Waals surface area (Å²) in [5.41, 5.74) is 0.391. The van der Waals surface area contributed by atoms with Crippen molar-refractivity contribution >= 4 is 35.6 Å². The van der Waals surface area contributed by atoms with Crippen LogP contribution in [0.5, 0.6) is 0 Å². The largest absolute Gasteiger partial charge is 0.481 e. The van der Waals surface area contributed by atoms with Crippen molar-refractivity contribution < 1.29 is 52.9 Å². The highest BCUT2D eigenvalue weighted by Crippen LogP contribution is 2.30. The van der Waals surface area contributed by atoms with Crippen LogP contribution in [-0.2, 0) is 25.6 Å². The number of carbonyl (C=O) groups is 6. The van der Waals surface area contributed by atoms with Crippen LogP contribution in [0, 0.1) is 29.4 Å². The molecule has 1 aliphatic carbocycles. The van der Waals surface area contributed by atoms with Gasteiger partial charge in [0.2, 0.25) is 11.8 Å². The maximum absolute atomic E-state index is 14.1. The number of aliphatic carboxylic acids is 2. The van der Waals surface area contributed by atoms with Gasteiger partial charge in [0.25, 0.3) is 11.8 Å². The second kappa shape index (κ2) is 18.4. The summed E-state index contributed by atoms with van der Waals surface area (Å²) in [6, 6.07) is 5.40. The number of halogens is 2. The number of rotatable bonds is 16. The molecule has 278 valence electrons. The molecule has 0 heterocycles. The zero-order valence-electron chi connectivity index (χ0n) is 29.0. The van der Waals surface area contributed by atoms with Gasteiger partial charge in [0.15, 0.2) is 0 Å². The van der Waals surface area contributed by atoms with Crippen molar-refractivity contribution in [2.45, 2.75) is 84.0 Å². The van der Waals surface area contributed by atoms with Gasteiger partial charge in [-0.1, -0.05) is 19.9 Å². The fourth-order valence-corrected chi connectivity index (χ4v) is 6.24. The summed E-state index contributed by atoms with van der Waals surface area (Å²) in [7, 11) is 0. The molecule has 13 nitrogen and oxygen atoms in total. The molecule has 2 aromatic rings. The Morgan fingerprint density at radius 2 is 1.41 bits per heavy atom. The van der Waals surface area contributed by atoms with E-state index in [-0.39, 0.29) is 48.3 Å². The molecule has 2 unspecified atom stereocenters. The predicted molar refractivity (Wildman–Crippen MR) is 180 cm³/mol. The van der Waals surface area contributed by atoms with Gasteiger partial charge >= 0.3 is 11.9 Å². The average Bonchev–Trinajstić information content (AvgIpc) is 3.06. The molecule has 0 aliphatic heterocycles. The normalized spacial score (nSPS) is 18.9. The molecule has 0 aromatic heterocycles. The molecule has 6 N–H and O–H groups in total. The molecule has 1 aliphatic rings. The Kier molecular flexibility index (Phi) is 14.6. The van der Waals surface area contributed by atoms with Gasteiger partial charge in [-0.2, -0.15) is 0 Å². The molecule has 1 fully saturated rings. The summed E-state index contributed by atoms with van der Waals surface area (Å²) in [4.78, 5) is 77.6. The van der Waals surface area contributed by atoms with Crippen LogP contribution in [-0.4, -0.2) is 93.1 Å². The van der Waals surface area contributed by atoms with Crippen molar-refractivity contribution in [1.82, 2.24) is 20.9 Å². The third-order valence-corrected chi connectivity index (χ3v) is 8.99. The summed E-state index contributed by atoms with van der Waals surface area (Å²) < 4.78 is 28.1. The number of aliphatic hydroxyl groups excluding tert-OH is 1. The molecule has 5 atom stereocenters. The van der Waals surface area contributed by atoms with Gasteiger partial charge in [-0.05, 0) is 81.3 Å². The monoisotopic (exact) mass is 716 g/mol. The Bertz CT molecular complexity index is 1560. The lowest BCUT2D eigenvalue weighted by molar-refractivity contribution is -0.149. The number of nitrogens with one attached hydrogen (secondary N) is 3. The number of nitrogens with zero attached hydrogens (tertiary/aromatic N) is 1. The first-order valence-corrected chi connectivity index (χ1v) is 16.9. The van der Waals surface area contributed by atoms with Crippen LogP contribution in [0.3, 0.4) is 0 Å². The lowest BCUT2D eigenvalue weighted by Gasteiger charge is -2.33. The third kappa shape index (κ3) is 11.6. The van der Waals surface area contributed by atoms with E-state index in [0.717, 1.165) is 12.1 Å². The highest BCUT2D eigenvalue weighted by molar-refractivity contribution is 6.00. The lowest BCUT2D eigenvalue weighted by Crippen LogP contribution is -2.55. The molecular formula is C36H46F2N4O9. The van der Waals surface area contributed by atoms with Gasteiger partial charge in [-0.15, -0.1) is 0 Å². The van der Waals surface area contributed by atoms with E-state index in [1.165, 1.54) is 18.2 Å². The molecule has 2 aromatic carbocycles. The second-order valence-corrected chi connectivity index (χ2v) is 13.2. The zero-order chi connectivity index (χ0) is 38.0. The van der Waals surface area contributed by atoms with Gasteiger partial charge in [0.05, 0.1) is 30.4 Å². The number of carbonyl (C=O) groups excluding carboxylic acids is 4. The average molecular weight is 717 g/mol. The fraction of sp³-hybridized carbons (Fsp3) is 0.500. The van der Waals surface area contributed by atoms with E-state index in [1.807, 2.05) is 13.8 Å². The quantitative estimate of drug-likeness (QED) is 0.151. The van der Waals surface area contributed by atoms with Gasteiger partial charge in [-0.3, -0.25) is 28.8 Å². The summed E-state index contributed by atoms with van der Waals surface area (Å²) in [5, 5.41) is 38.0. The van der Waals surface area contributed by atoms with Crippen LogP contribution in [0.4, 0.5) is 8.78 Å². The predicted octanol–water partition coefficient (Wildman–Crippen LogP) is 2.75. The van der Waals surface area contributed by atoms with E-state index < -0.39 is 89.7 Å². The lowest BCUT2D eigenvalue weighted by atomic mass is 9.78. The number of amides is 4. The number of hydrogen-bond donors (Lipinski definition) is 6. The number of hydrogen-bond acceptors (Lipinski definition) is 7. The van der Waals surface area contributed by atoms with Crippen LogP contribution >= 0.6 is 0 Å². The first-order valence-electron chi connectivity index (χ1n) is 16.9. The van der Waals surface area contributed by atoms with Crippen LogP contribution in [0.15, 0.2) is 42.5 Å². The first kappa shape index (κ1) is 40.5. The van der Waals surface area contributed by atoms with Crippen LogP contribution < -0.4 is 16.0 Å². The first-order chi connectivity index (χ1) is 24.0. The maximum atomic E-state index is 14.1. The van der Waals surface area contributed by atoms with Crippen molar-refractivity contribution in [3.63, 3.8) is 0 Å². The minimum absolute atomic E-state index is 0.0108. The van der Waals surface area contributed by atoms with E-state index in [0.29, 0.717) is 19.2 Å². The molecule has 0 saturated heterocycles. The SMILES string of the molecule is CCN(CC)C(=O)c1cccc(C(=O)N[C@@H](Cc2cc(F)cc(F)c2)[C@H](O)CC(=O)N[C@H](C(=O)NC2CC(C(=O)O)CC(C(=O)O)C2)C(C)C)c1. The Balaban J connectivity index is 1.78. The standard InChI is InChI=1S/C36H46F2N4O9/c1-5-42(6-2)34(47)22-9-7-8-21(13-22)32(45)40-28(12-20-10-25(37)17-26(38)11-20)29(43)18-30(44)41-31(19(3)4)33(46)39-27-15-23(35(48)49)14-24(16-27)36(50)51/h7-11,13,17,19,23-24,27-29,31,43H,5-6,12,14-16,18H2,1-4H3,(H,39,46)(H,40,45)(H,41,44)(H,48,49)(H,50,51)/t23?,24?,27?,28-,29+,31-/m0/s1. The van der Waals surface area contributed by atoms with Crippen molar-refractivity contribution in [3.05, 3.63) is 70.8 Å². The van der Waals surface area contributed by atoms with E-state index >= 15 is 0 Å². The van der Waals surface area contributed by atoms with E-state index in [2.05, 4.69) is 16.0 Å². The summed E-state index contributed by atoms with van der Waals surface area (Å²) in [6.45, 7) is 7.81. The number of benzene rings is 2. The number of aliphatic hydroxyl groups is 1. The Morgan fingerprint density at radius 3 is 1.94 bits per heavy atom. The molecule has 3 rings (SSSR count). The summed E-state index contributed by atoms with van der Waals surface area (Å²) in [6.07, 6.45) is -2.61. The third-order valence-electron chi connectivity index (χ3n) is 8.99. The topological polar surface area (TPSA) is 202 Å². The van der Waals surface area contributed by atoms with E-state index in [1.54, 1.807) is 24.8 Å². The zero-order valence-corrected chi connectivity index (χ0v) is 29.0. The molecular weight excluding hydrogens is 670 g/mol. The maximum Gasteiger partial charge on any atom is 0.306 e. The highest BCUT2D eigenvalue weighted by atomic mass is 19.1. The molecule has 15 heteroatoms. The molecule has 4 amide bonds. The van der Waals surface area contributed by atoms with Gasteiger partial charge in [0.1, 0.15) is 17.7 Å². The Labute approximate surface area is 294 Å². The molecule has 0 radical (unpaired) electrons. The Morgan fingerprint density at radius 1 is 0.843 bits per heavy atom. The van der Waals surface area contributed by atoms with E-state index in [9.17, 15) is 52.9 Å².